The summed E-state index contributed by atoms with van der Waals surface area (Å²) in [6.45, 7) is 0.494. The maximum Gasteiger partial charge on any atom is 0.274 e. The molecular weight excluding hydrogens is 322 g/mol. The van der Waals surface area contributed by atoms with Crippen molar-refractivity contribution in [2.24, 2.45) is 5.84 Å². The second-order valence-corrected chi connectivity index (χ2v) is 5.14. The summed E-state index contributed by atoms with van der Waals surface area (Å²) in [6, 6.07) is 7.79. The van der Waals surface area contributed by atoms with Crippen LogP contribution in [-0.4, -0.2) is 27.8 Å². The van der Waals surface area contributed by atoms with Crippen LogP contribution in [0.5, 0.6) is 0 Å². The quantitative estimate of drug-likeness (QED) is 0.657. The monoisotopic (exact) mass is 335 g/mol. The summed E-state index contributed by atoms with van der Waals surface area (Å²) < 4.78 is 1.00. The smallest absolute Gasteiger partial charge is 0.274 e. The number of hydrazine groups is 1. The van der Waals surface area contributed by atoms with Crippen molar-refractivity contribution in [2.45, 2.75) is 6.54 Å². The highest BCUT2D eigenvalue weighted by Crippen LogP contribution is 2.13. The van der Waals surface area contributed by atoms with Gasteiger partial charge in [-0.15, -0.1) is 0 Å². The summed E-state index contributed by atoms with van der Waals surface area (Å²) >= 11 is 3.38. The largest absolute Gasteiger partial charge is 0.336 e. The van der Waals surface area contributed by atoms with E-state index in [1.54, 1.807) is 11.9 Å². The number of aromatic nitrogens is 2. The number of nitrogens with zero attached hydrogens (tertiary/aromatic N) is 3. The van der Waals surface area contributed by atoms with Crippen molar-refractivity contribution in [3.8, 4) is 0 Å². The van der Waals surface area contributed by atoms with Gasteiger partial charge in [0.2, 0.25) is 0 Å². The molecule has 2 aromatic rings. The molecule has 1 heterocycles. The number of rotatable bonds is 4. The van der Waals surface area contributed by atoms with E-state index in [4.69, 9.17) is 5.84 Å². The van der Waals surface area contributed by atoms with Crippen LogP contribution in [0.2, 0.25) is 0 Å². The summed E-state index contributed by atoms with van der Waals surface area (Å²) in [4.78, 5) is 21.8. The number of anilines is 1. The van der Waals surface area contributed by atoms with Gasteiger partial charge in [-0.25, -0.2) is 10.8 Å². The second-order valence-electron chi connectivity index (χ2n) is 4.22. The summed E-state index contributed by atoms with van der Waals surface area (Å²) in [5.41, 5.74) is 3.65. The molecule has 1 aromatic carbocycles. The van der Waals surface area contributed by atoms with Crippen molar-refractivity contribution < 1.29 is 4.79 Å². The first kappa shape index (κ1) is 14.4. The predicted molar refractivity (Wildman–Crippen MR) is 79.8 cm³/mol. The second kappa shape index (κ2) is 6.44. The van der Waals surface area contributed by atoms with Crippen LogP contribution in [-0.2, 0) is 6.54 Å². The van der Waals surface area contributed by atoms with Gasteiger partial charge in [0.15, 0.2) is 5.82 Å². The molecule has 0 saturated heterocycles. The highest BCUT2D eigenvalue weighted by Gasteiger charge is 2.14. The van der Waals surface area contributed by atoms with Gasteiger partial charge in [-0.1, -0.05) is 28.1 Å². The van der Waals surface area contributed by atoms with E-state index in [1.165, 1.54) is 12.4 Å². The molecule has 6 nitrogen and oxygen atoms in total. The van der Waals surface area contributed by atoms with Gasteiger partial charge in [0, 0.05) is 18.1 Å². The molecule has 2 rings (SSSR count). The lowest BCUT2D eigenvalue weighted by atomic mass is 10.2. The molecule has 0 aliphatic carbocycles. The molecule has 0 fully saturated rings. The highest BCUT2D eigenvalue weighted by molar-refractivity contribution is 9.10. The summed E-state index contributed by atoms with van der Waals surface area (Å²) in [7, 11) is 1.72. The minimum absolute atomic E-state index is 0.211. The molecule has 0 spiro atoms. The van der Waals surface area contributed by atoms with Crippen molar-refractivity contribution in [1.29, 1.82) is 0 Å². The molecule has 7 heteroatoms. The normalized spacial score (nSPS) is 10.2. The topological polar surface area (TPSA) is 84.1 Å². The molecule has 0 radical (unpaired) electrons. The molecular formula is C13H14BrN5O. The fourth-order valence-electron chi connectivity index (χ4n) is 1.67. The van der Waals surface area contributed by atoms with E-state index in [0.29, 0.717) is 12.4 Å². The lowest BCUT2D eigenvalue weighted by Gasteiger charge is -2.17. The maximum atomic E-state index is 12.2. The number of hydrogen-bond acceptors (Lipinski definition) is 5. The van der Waals surface area contributed by atoms with Gasteiger partial charge in [-0.2, -0.15) is 0 Å². The molecule has 0 unspecified atom stereocenters. The van der Waals surface area contributed by atoms with Crippen LogP contribution in [0.1, 0.15) is 16.1 Å². The molecule has 1 amide bonds. The van der Waals surface area contributed by atoms with Crippen LogP contribution in [0.25, 0.3) is 0 Å². The molecule has 0 bridgehead atoms. The molecule has 20 heavy (non-hydrogen) atoms. The van der Waals surface area contributed by atoms with Crippen molar-refractivity contribution in [2.75, 3.05) is 12.5 Å². The Balaban J connectivity index is 2.09. The van der Waals surface area contributed by atoms with Crippen LogP contribution in [0.15, 0.2) is 41.1 Å². The number of benzene rings is 1. The van der Waals surface area contributed by atoms with Gasteiger partial charge in [-0.3, -0.25) is 9.78 Å². The van der Waals surface area contributed by atoms with Gasteiger partial charge in [0.05, 0.1) is 12.4 Å². The van der Waals surface area contributed by atoms with Crippen LogP contribution >= 0.6 is 15.9 Å². The minimum Gasteiger partial charge on any atom is -0.336 e. The lowest BCUT2D eigenvalue weighted by Crippen LogP contribution is -2.27. The molecule has 1 aromatic heterocycles. The van der Waals surface area contributed by atoms with E-state index in [9.17, 15) is 4.79 Å². The standard InChI is InChI=1S/C13H14BrN5O/c1-19(8-9-2-4-10(14)5-3-9)13(20)11-6-16-7-12(17-11)18-15/h2-7H,8,15H2,1H3,(H,17,18). The van der Waals surface area contributed by atoms with Gasteiger partial charge in [0.1, 0.15) is 5.69 Å². The minimum atomic E-state index is -0.211. The first-order valence-corrected chi connectivity index (χ1v) is 6.68. The van der Waals surface area contributed by atoms with Gasteiger partial charge >= 0.3 is 0 Å². The Morgan fingerprint density at radius 2 is 2.05 bits per heavy atom. The van der Waals surface area contributed by atoms with E-state index in [0.717, 1.165) is 10.0 Å². The number of carbonyl (C=O) groups is 1. The van der Waals surface area contributed by atoms with Crippen LogP contribution in [0, 0.1) is 0 Å². The molecule has 3 N–H and O–H groups in total. The summed E-state index contributed by atoms with van der Waals surface area (Å²) in [6.07, 6.45) is 2.87. The average Bonchev–Trinajstić information content (AvgIpc) is 2.48. The zero-order chi connectivity index (χ0) is 14.5. The first-order valence-electron chi connectivity index (χ1n) is 5.88. The zero-order valence-electron chi connectivity index (χ0n) is 10.9. The van der Waals surface area contributed by atoms with E-state index in [1.807, 2.05) is 24.3 Å². The number of nitrogens with one attached hydrogen (secondary N) is 1. The van der Waals surface area contributed by atoms with Crippen molar-refractivity contribution in [3.63, 3.8) is 0 Å². The number of amides is 1. The number of nitrogen functional groups attached to an aromatic ring is 1. The number of hydrogen-bond donors (Lipinski definition) is 2. The average molecular weight is 336 g/mol. The van der Waals surface area contributed by atoms with E-state index in [2.05, 4.69) is 31.3 Å². The number of carbonyl (C=O) groups excluding carboxylic acids is 1. The van der Waals surface area contributed by atoms with Gasteiger partial charge in [-0.05, 0) is 17.7 Å². The highest BCUT2D eigenvalue weighted by atomic mass is 79.9. The Bertz CT molecular complexity index is 602. The van der Waals surface area contributed by atoms with Crippen LogP contribution < -0.4 is 11.3 Å². The zero-order valence-corrected chi connectivity index (χ0v) is 12.5. The molecule has 104 valence electrons. The van der Waals surface area contributed by atoms with Crippen molar-refractivity contribution >= 4 is 27.7 Å². The van der Waals surface area contributed by atoms with Gasteiger partial charge in [0.25, 0.3) is 5.91 Å². The molecule has 0 aliphatic rings. The number of halogens is 1. The maximum absolute atomic E-state index is 12.2. The molecule has 0 saturated carbocycles. The van der Waals surface area contributed by atoms with Crippen molar-refractivity contribution in [1.82, 2.24) is 14.9 Å². The third-order valence-electron chi connectivity index (χ3n) is 2.68. The Morgan fingerprint density at radius 3 is 2.70 bits per heavy atom. The SMILES string of the molecule is CN(Cc1ccc(Br)cc1)C(=O)c1cncc(NN)n1. The Labute approximate surface area is 125 Å². The van der Waals surface area contributed by atoms with Gasteiger partial charge < -0.3 is 10.3 Å². The summed E-state index contributed by atoms with van der Waals surface area (Å²) in [5, 5.41) is 0. The molecule has 0 atom stereocenters. The fraction of sp³-hybridized carbons (Fsp3) is 0.154. The van der Waals surface area contributed by atoms with E-state index >= 15 is 0 Å². The van der Waals surface area contributed by atoms with E-state index in [-0.39, 0.29) is 11.6 Å². The molecule has 0 aliphatic heterocycles. The van der Waals surface area contributed by atoms with E-state index < -0.39 is 0 Å². The summed E-state index contributed by atoms with van der Waals surface area (Å²) in [5.74, 6) is 5.39. The predicted octanol–water partition coefficient (Wildman–Crippen LogP) is 1.80. The number of nitrogens with two attached hydrogens (primary N) is 1. The third kappa shape index (κ3) is 3.52. The van der Waals surface area contributed by atoms with Crippen molar-refractivity contribution in [3.05, 3.63) is 52.4 Å². The van der Waals surface area contributed by atoms with Crippen LogP contribution in [0.3, 0.4) is 0 Å². The Morgan fingerprint density at radius 1 is 1.35 bits per heavy atom. The third-order valence-corrected chi connectivity index (χ3v) is 3.21. The Kier molecular flexibility index (Phi) is 4.65. The fourth-order valence-corrected chi connectivity index (χ4v) is 1.93. The van der Waals surface area contributed by atoms with Crippen LogP contribution in [0.4, 0.5) is 5.82 Å². The first-order chi connectivity index (χ1) is 9.60. The lowest BCUT2D eigenvalue weighted by molar-refractivity contribution is 0.0779. The Hall–Kier alpha value is -1.99.